The van der Waals surface area contributed by atoms with Gasteiger partial charge < -0.3 is 10.5 Å². The van der Waals surface area contributed by atoms with Crippen LogP contribution < -0.4 is 10.5 Å². The molecule has 0 amide bonds. The van der Waals surface area contributed by atoms with E-state index >= 15 is 0 Å². The van der Waals surface area contributed by atoms with Gasteiger partial charge in [-0.1, -0.05) is 35.3 Å². The average Bonchev–Trinajstić information content (AvgIpc) is 2.31. The highest BCUT2D eigenvalue weighted by Gasteiger charge is 2.08. The summed E-state index contributed by atoms with van der Waals surface area (Å²) in [7, 11) is 0. The molecular weight excluding hydrogens is 276 g/mol. The van der Waals surface area contributed by atoms with Crippen molar-refractivity contribution < 1.29 is 9.13 Å². The third kappa shape index (κ3) is 2.86. The molecule has 0 aliphatic rings. The Morgan fingerprint density at radius 1 is 1.17 bits per heavy atom. The fourth-order valence-corrected chi connectivity index (χ4v) is 1.86. The Labute approximate surface area is 114 Å². The summed E-state index contributed by atoms with van der Waals surface area (Å²) in [6, 6.07) is 9.43. The maximum Gasteiger partial charge on any atom is 0.161 e. The molecule has 0 radical (unpaired) electrons. The highest BCUT2D eigenvalue weighted by Crippen LogP contribution is 2.31. The van der Waals surface area contributed by atoms with E-state index in [1.165, 1.54) is 6.07 Å². The van der Waals surface area contributed by atoms with Crippen molar-refractivity contribution >= 4 is 28.9 Å². The van der Waals surface area contributed by atoms with Crippen molar-refractivity contribution in [3.8, 4) is 5.75 Å². The predicted molar refractivity (Wildman–Crippen MR) is 71.6 cm³/mol. The number of anilines is 1. The summed E-state index contributed by atoms with van der Waals surface area (Å²) in [5, 5.41) is 0.734. The summed E-state index contributed by atoms with van der Waals surface area (Å²) in [6.45, 7) is 0.0386. The minimum Gasteiger partial charge on any atom is -0.485 e. The van der Waals surface area contributed by atoms with E-state index in [1.807, 2.05) is 0 Å². The van der Waals surface area contributed by atoms with Crippen LogP contribution in [-0.4, -0.2) is 0 Å². The minimum absolute atomic E-state index is 0.0386. The number of rotatable bonds is 3. The highest BCUT2D eigenvalue weighted by molar-refractivity contribution is 6.32. The Balaban J connectivity index is 2.16. The van der Waals surface area contributed by atoms with Crippen molar-refractivity contribution in [1.29, 1.82) is 0 Å². The van der Waals surface area contributed by atoms with Crippen molar-refractivity contribution in [1.82, 2.24) is 0 Å². The number of ether oxygens (including phenoxy) is 1. The van der Waals surface area contributed by atoms with Gasteiger partial charge in [-0.05, 0) is 24.3 Å². The van der Waals surface area contributed by atoms with Crippen LogP contribution in [0.25, 0.3) is 0 Å². The van der Waals surface area contributed by atoms with Crippen LogP contribution in [-0.2, 0) is 6.61 Å². The summed E-state index contributed by atoms with van der Waals surface area (Å²) in [6.07, 6.45) is 0. The van der Waals surface area contributed by atoms with Gasteiger partial charge in [0.2, 0.25) is 0 Å². The molecule has 0 aliphatic heterocycles. The lowest BCUT2D eigenvalue weighted by atomic mass is 10.2. The first kappa shape index (κ1) is 13.0. The van der Waals surface area contributed by atoms with Gasteiger partial charge in [0.15, 0.2) is 5.75 Å². The Morgan fingerprint density at radius 2 is 1.94 bits per heavy atom. The van der Waals surface area contributed by atoms with Crippen molar-refractivity contribution in [3.05, 3.63) is 57.8 Å². The summed E-state index contributed by atoms with van der Waals surface area (Å²) >= 11 is 11.6. The van der Waals surface area contributed by atoms with Crippen molar-refractivity contribution in [2.75, 3.05) is 5.73 Å². The van der Waals surface area contributed by atoms with E-state index in [0.717, 1.165) is 0 Å². The fraction of sp³-hybridized carbons (Fsp3) is 0.0769. The monoisotopic (exact) mass is 285 g/mol. The topological polar surface area (TPSA) is 35.2 Å². The molecule has 0 fully saturated rings. The van der Waals surface area contributed by atoms with Crippen molar-refractivity contribution in [2.45, 2.75) is 6.61 Å². The molecule has 0 aromatic heterocycles. The van der Waals surface area contributed by atoms with Crippen molar-refractivity contribution in [2.24, 2.45) is 0 Å². The van der Waals surface area contributed by atoms with E-state index in [-0.39, 0.29) is 6.61 Å². The Hall–Kier alpha value is -1.45. The second-order valence-corrected chi connectivity index (χ2v) is 4.53. The SMILES string of the molecule is Nc1cccc(Cl)c1OCc1ccc(Cl)cc1F. The van der Waals surface area contributed by atoms with E-state index in [1.54, 1.807) is 30.3 Å². The zero-order chi connectivity index (χ0) is 13.1. The lowest BCUT2D eigenvalue weighted by Crippen LogP contribution is -2.01. The smallest absolute Gasteiger partial charge is 0.161 e. The quantitative estimate of drug-likeness (QED) is 0.854. The van der Waals surface area contributed by atoms with Crippen LogP contribution in [0.2, 0.25) is 10.0 Å². The number of hydrogen-bond donors (Lipinski definition) is 1. The molecule has 0 saturated carbocycles. The van der Waals surface area contributed by atoms with E-state index < -0.39 is 5.82 Å². The van der Waals surface area contributed by atoms with Gasteiger partial charge >= 0.3 is 0 Å². The molecule has 0 unspecified atom stereocenters. The van der Waals surface area contributed by atoms with E-state index in [9.17, 15) is 4.39 Å². The fourth-order valence-electron chi connectivity index (χ4n) is 1.47. The van der Waals surface area contributed by atoms with Crippen LogP contribution in [0.15, 0.2) is 36.4 Å². The molecule has 94 valence electrons. The average molecular weight is 286 g/mol. The number of nitrogens with two attached hydrogens (primary N) is 1. The molecule has 0 saturated heterocycles. The van der Waals surface area contributed by atoms with Gasteiger partial charge in [-0.15, -0.1) is 0 Å². The minimum atomic E-state index is -0.423. The Morgan fingerprint density at radius 3 is 2.61 bits per heavy atom. The molecule has 0 heterocycles. The van der Waals surface area contributed by atoms with Gasteiger partial charge in [-0.3, -0.25) is 0 Å². The summed E-state index contributed by atoms with van der Waals surface area (Å²) in [5.74, 6) is -0.0679. The Bertz CT molecular complexity index is 555. The van der Waals surface area contributed by atoms with Crippen LogP contribution in [0.1, 0.15) is 5.56 Å². The lowest BCUT2D eigenvalue weighted by Gasteiger charge is -2.11. The number of hydrogen-bond acceptors (Lipinski definition) is 2. The molecule has 5 heteroatoms. The van der Waals surface area contributed by atoms with Crippen LogP contribution >= 0.6 is 23.2 Å². The van der Waals surface area contributed by atoms with E-state index in [2.05, 4.69) is 0 Å². The van der Waals surface area contributed by atoms with Crippen LogP contribution in [0, 0.1) is 5.82 Å². The number of nitrogen functional groups attached to an aromatic ring is 1. The van der Waals surface area contributed by atoms with Crippen LogP contribution in [0.5, 0.6) is 5.75 Å². The van der Waals surface area contributed by atoms with Gasteiger partial charge in [-0.2, -0.15) is 0 Å². The molecule has 18 heavy (non-hydrogen) atoms. The van der Waals surface area contributed by atoms with E-state index in [0.29, 0.717) is 27.0 Å². The lowest BCUT2D eigenvalue weighted by molar-refractivity contribution is 0.301. The molecule has 2 aromatic rings. The molecule has 0 spiro atoms. The third-order valence-corrected chi connectivity index (χ3v) is 2.92. The number of benzene rings is 2. The van der Waals surface area contributed by atoms with Crippen LogP contribution in [0.3, 0.4) is 0 Å². The largest absolute Gasteiger partial charge is 0.485 e. The Kier molecular flexibility index (Phi) is 3.94. The molecule has 2 aromatic carbocycles. The highest BCUT2D eigenvalue weighted by atomic mass is 35.5. The van der Waals surface area contributed by atoms with Crippen molar-refractivity contribution in [3.63, 3.8) is 0 Å². The molecule has 0 atom stereocenters. The molecule has 0 bridgehead atoms. The molecule has 0 aliphatic carbocycles. The standard InChI is InChI=1S/C13H10Cl2FNO/c14-9-5-4-8(11(16)6-9)7-18-13-10(15)2-1-3-12(13)17/h1-6H,7,17H2. The number of halogens is 3. The molecule has 2 N–H and O–H groups in total. The number of para-hydroxylation sites is 1. The second-order valence-electron chi connectivity index (χ2n) is 3.68. The predicted octanol–water partition coefficient (Wildman–Crippen LogP) is 4.29. The molecule has 2 nitrogen and oxygen atoms in total. The van der Waals surface area contributed by atoms with Crippen LogP contribution in [0.4, 0.5) is 10.1 Å². The first-order valence-corrected chi connectivity index (χ1v) is 5.94. The van der Waals surface area contributed by atoms with Gasteiger partial charge in [0, 0.05) is 10.6 Å². The van der Waals surface area contributed by atoms with Gasteiger partial charge in [0.05, 0.1) is 10.7 Å². The second kappa shape index (κ2) is 5.46. The first-order valence-electron chi connectivity index (χ1n) is 5.18. The summed E-state index contributed by atoms with van der Waals surface area (Å²) in [5.41, 5.74) is 6.52. The zero-order valence-corrected chi connectivity index (χ0v) is 10.8. The third-order valence-electron chi connectivity index (χ3n) is 2.38. The first-order chi connectivity index (χ1) is 8.58. The zero-order valence-electron chi connectivity index (χ0n) is 9.29. The normalized spacial score (nSPS) is 10.4. The van der Waals surface area contributed by atoms with Gasteiger partial charge in [-0.25, -0.2) is 4.39 Å². The maximum atomic E-state index is 13.5. The molecule has 2 rings (SSSR count). The summed E-state index contributed by atoms with van der Waals surface area (Å²) in [4.78, 5) is 0. The van der Waals surface area contributed by atoms with Gasteiger partial charge in [0.1, 0.15) is 12.4 Å². The molecular formula is C13H10Cl2FNO. The van der Waals surface area contributed by atoms with E-state index in [4.69, 9.17) is 33.7 Å². The maximum absolute atomic E-state index is 13.5. The summed E-state index contributed by atoms with van der Waals surface area (Å²) < 4.78 is 19.0. The van der Waals surface area contributed by atoms with Gasteiger partial charge in [0.25, 0.3) is 0 Å².